The maximum absolute atomic E-state index is 13.2. The maximum atomic E-state index is 13.2. The summed E-state index contributed by atoms with van der Waals surface area (Å²) >= 11 is 0. The quantitative estimate of drug-likeness (QED) is 0.0217. The first-order chi connectivity index (χ1) is 24.5. The largest absolute Gasteiger partial charge is 0.550 e. The van der Waals surface area contributed by atoms with E-state index < -0.39 is 48.6 Å². The van der Waals surface area contributed by atoms with E-state index in [9.17, 15) is 29.7 Å². The predicted octanol–water partition coefficient (Wildman–Crippen LogP) is 5.84. The maximum Gasteiger partial charge on any atom is 0.334 e. The molecule has 304 valence electrons. The second-order valence-electron chi connectivity index (χ2n) is 16.8. The monoisotopic (exact) mass is 739 g/mol. The van der Waals surface area contributed by atoms with Crippen LogP contribution in [0, 0.1) is 5.92 Å². The molecule has 0 radical (unpaired) electrons. The molecule has 0 amide bonds. The normalized spacial score (nSPS) is 15.0. The Kier molecular flexibility index (Phi) is 27.6. The van der Waals surface area contributed by atoms with Crippen LogP contribution in [-0.2, 0) is 23.9 Å². The molecule has 0 bridgehead atoms. The fraction of sp³-hybridized carbons (Fsp3) is 0.833. The Morgan fingerprint density at radius 2 is 1.19 bits per heavy atom. The Morgan fingerprint density at radius 3 is 1.73 bits per heavy atom. The number of quaternary nitrogens is 2. The molecule has 0 aliphatic rings. The second-order valence-corrected chi connectivity index (χ2v) is 16.8. The van der Waals surface area contributed by atoms with Gasteiger partial charge in [-0.1, -0.05) is 103 Å². The summed E-state index contributed by atoms with van der Waals surface area (Å²) in [5.41, 5.74) is 0. The number of nitrogens with zero attached hydrogens (tertiary/aromatic N) is 2. The summed E-state index contributed by atoms with van der Waals surface area (Å²) in [5.74, 6) is -3.97. The topological polar surface area (TPSA) is 136 Å². The first kappa shape index (κ1) is 49.6. The summed E-state index contributed by atoms with van der Waals surface area (Å²) in [5, 5.41) is 34.8. The minimum atomic E-state index is -1.31. The lowest BCUT2D eigenvalue weighted by Gasteiger charge is -2.35. The van der Waals surface area contributed by atoms with Crippen molar-refractivity contribution in [2.75, 3.05) is 55.4 Å². The van der Waals surface area contributed by atoms with Gasteiger partial charge < -0.3 is 43.3 Å². The van der Waals surface area contributed by atoms with Gasteiger partial charge in [-0.05, 0) is 44.9 Å². The van der Waals surface area contributed by atoms with Gasteiger partial charge in [0, 0.05) is 30.7 Å². The van der Waals surface area contributed by atoms with Crippen molar-refractivity contribution in [1.82, 2.24) is 0 Å². The number of carbonyl (C=O) groups is 3. The zero-order valence-corrected chi connectivity index (χ0v) is 34.5. The van der Waals surface area contributed by atoms with Gasteiger partial charge in [0.2, 0.25) is 0 Å². The molecule has 0 rings (SSSR count). The molecular weight excluding hydrogens is 660 g/mol. The zero-order valence-electron chi connectivity index (χ0n) is 34.5. The fourth-order valence-corrected chi connectivity index (χ4v) is 6.37. The Balaban J connectivity index is 5.78. The molecule has 10 nitrogen and oxygen atoms in total. The van der Waals surface area contributed by atoms with Gasteiger partial charge in [-0.2, -0.15) is 0 Å². The first-order valence-corrected chi connectivity index (χ1v) is 20.4. The number of carbonyl (C=O) groups excluding carboxylic acids is 3. The van der Waals surface area contributed by atoms with Gasteiger partial charge in [0.25, 0.3) is 0 Å². The third kappa shape index (κ3) is 30.1. The highest BCUT2D eigenvalue weighted by Crippen LogP contribution is 2.25. The first-order valence-electron chi connectivity index (χ1n) is 20.4. The van der Waals surface area contributed by atoms with Crippen molar-refractivity contribution >= 4 is 17.9 Å². The summed E-state index contributed by atoms with van der Waals surface area (Å²) in [6.45, 7) is 5.00. The van der Waals surface area contributed by atoms with Crippen molar-refractivity contribution in [3.05, 3.63) is 24.0 Å². The number of aliphatic hydroxyl groups excluding tert-OH is 1. The van der Waals surface area contributed by atoms with Crippen LogP contribution in [0.15, 0.2) is 24.0 Å². The van der Waals surface area contributed by atoms with Crippen LogP contribution in [0.25, 0.3) is 0 Å². The molecule has 4 atom stereocenters. The standard InChI is InChI=1S/C42H78N2O8/c1-9-11-13-15-17-19-21-23-25-27-35(45)29-30-38(42(49)50)39(34-44(6,7)8)51-36(28-26-24-22-20-18-16-14-12-10-2)32-41(48)52-37(31-40(46)47)33-43(3,4)5/h15,17,32,35,37-39,45H,9-14,16,18-31,33-34H2,1-8H3/b17-15-,36-32?. The molecule has 0 spiro atoms. The van der Waals surface area contributed by atoms with Gasteiger partial charge >= 0.3 is 5.97 Å². The van der Waals surface area contributed by atoms with Crippen molar-refractivity contribution in [1.29, 1.82) is 0 Å². The van der Waals surface area contributed by atoms with E-state index in [1.807, 2.05) is 42.3 Å². The van der Waals surface area contributed by atoms with Crippen LogP contribution < -0.4 is 10.2 Å². The number of carboxylic acids is 2. The Hall–Kier alpha value is -2.43. The van der Waals surface area contributed by atoms with E-state index >= 15 is 0 Å². The number of allylic oxidation sites excluding steroid dienone is 3. The molecule has 52 heavy (non-hydrogen) atoms. The molecule has 1 N–H and O–H groups in total. The number of rotatable bonds is 34. The third-order valence-corrected chi connectivity index (χ3v) is 9.13. The fourth-order valence-electron chi connectivity index (χ4n) is 6.37. The van der Waals surface area contributed by atoms with Gasteiger partial charge in [-0.15, -0.1) is 0 Å². The number of hydrogen-bond acceptors (Lipinski definition) is 8. The Morgan fingerprint density at radius 1 is 0.654 bits per heavy atom. The van der Waals surface area contributed by atoms with E-state index in [1.54, 1.807) is 0 Å². The Labute approximate surface area is 317 Å². The molecule has 0 aliphatic heterocycles. The SMILES string of the molecule is CCCC/C=C\CCCCCC(O)CCC(C(=O)[O-])C(C[N+](C)(C)C)OC(=CC(=O)OC(CC(=O)[O-])C[N+](C)(C)C)CCCCCCCCCCC. The van der Waals surface area contributed by atoms with Gasteiger partial charge in [0.05, 0.1) is 54.5 Å². The van der Waals surface area contributed by atoms with Crippen molar-refractivity contribution in [2.24, 2.45) is 5.92 Å². The highest BCUT2D eigenvalue weighted by molar-refractivity contribution is 5.83. The average Bonchev–Trinajstić information content (AvgIpc) is 3.01. The molecule has 0 saturated heterocycles. The van der Waals surface area contributed by atoms with Crippen molar-refractivity contribution < 1.29 is 48.1 Å². The summed E-state index contributed by atoms with van der Waals surface area (Å²) in [7, 11) is 11.5. The molecule has 0 aromatic heterocycles. The summed E-state index contributed by atoms with van der Waals surface area (Å²) < 4.78 is 12.9. The zero-order chi connectivity index (χ0) is 39.4. The second kappa shape index (κ2) is 29.0. The highest BCUT2D eigenvalue weighted by Gasteiger charge is 2.31. The molecule has 0 aromatic carbocycles. The van der Waals surface area contributed by atoms with Crippen LogP contribution in [0.1, 0.15) is 149 Å². The molecule has 0 heterocycles. The molecule has 0 saturated carbocycles. The van der Waals surface area contributed by atoms with E-state index in [0.717, 1.165) is 57.8 Å². The Bertz CT molecular complexity index is 1010. The van der Waals surface area contributed by atoms with Gasteiger partial charge in [-0.3, -0.25) is 0 Å². The van der Waals surface area contributed by atoms with Crippen LogP contribution in [-0.4, -0.2) is 106 Å². The smallest absolute Gasteiger partial charge is 0.334 e. The van der Waals surface area contributed by atoms with E-state index in [4.69, 9.17) is 9.47 Å². The molecule has 0 aromatic rings. The number of hydrogen-bond donors (Lipinski definition) is 1. The number of esters is 1. The van der Waals surface area contributed by atoms with Gasteiger partial charge in [0.15, 0.2) is 12.2 Å². The number of aliphatic hydroxyl groups is 1. The lowest BCUT2D eigenvalue weighted by molar-refractivity contribution is -0.874. The lowest BCUT2D eigenvalue weighted by atomic mass is 9.92. The molecule has 0 aliphatic carbocycles. The van der Waals surface area contributed by atoms with Crippen molar-refractivity contribution in [2.45, 2.75) is 167 Å². The highest BCUT2D eigenvalue weighted by atomic mass is 16.5. The van der Waals surface area contributed by atoms with E-state index in [-0.39, 0.29) is 13.0 Å². The van der Waals surface area contributed by atoms with Gasteiger partial charge in [0.1, 0.15) is 18.8 Å². The van der Waals surface area contributed by atoms with Crippen LogP contribution in [0.3, 0.4) is 0 Å². The number of unbranched alkanes of at least 4 members (excludes halogenated alkanes) is 13. The summed E-state index contributed by atoms with van der Waals surface area (Å²) in [6, 6.07) is 0. The molecular formula is C42H78N2O8. The van der Waals surface area contributed by atoms with Crippen LogP contribution in [0.4, 0.5) is 0 Å². The van der Waals surface area contributed by atoms with Crippen molar-refractivity contribution in [3.8, 4) is 0 Å². The number of likely N-dealkylation sites (N-methyl/N-ethyl adjacent to an activating group) is 2. The summed E-state index contributed by atoms with van der Waals surface area (Å²) in [4.78, 5) is 37.3. The predicted molar refractivity (Wildman–Crippen MR) is 206 cm³/mol. The number of aliphatic carboxylic acids is 2. The third-order valence-electron chi connectivity index (χ3n) is 9.13. The van der Waals surface area contributed by atoms with Crippen molar-refractivity contribution in [3.63, 3.8) is 0 Å². The number of ether oxygens (including phenoxy) is 2. The molecule has 4 unspecified atom stereocenters. The molecule has 0 fully saturated rings. The van der Waals surface area contributed by atoms with E-state index in [2.05, 4.69) is 26.0 Å². The van der Waals surface area contributed by atoms with Crippen LogP contribution in [0.5, 0.6) is 0 Å². The van der Waals surface area contributed by atoms with E-state index in [0.29, 0.717) is 40.5 Å². The summed E-state index contributed by atoms with van der Waals surface area (Å²) in [6.07, 6.45) is 22.0. The average molecular weight is 739 g/mol. The molecule has 10 heteroatoms. The van der Waals surface area contributed by atoms with Gasteiger partial charge in [-0.25, -0.2) is 4.79 Å². The number of carboxylic acid groups (broad SMARTS) is 2. The van der Waals surface area contributed by atoms with Crippen LogP contribution in [0.2, 0.25) is 0 Å². The lowest BCUT2D eigenvalue weighted by Crippen LogP contribution is -2.49. The minimum absolute atomic E-state index is 0.182. The van der Waals surface area contributed by atoms with E-state index in [1.165, 1.54) is 51.0 Å². The minimum Gasteiger partial charge on any atom is -0.550 e. The van der Waals surface area contributed by atoms with Crippen LogP contribution >= 0.6 is 0 Å².